The fourth-order valence-corrected chi connectivity index (χ4v) is 14.6. The van der Waals surface area contributed by atoms with Gasteiger partial charge in [-0.1, -0.05) is 66.5 Å². The van der Waals surface area contributed by atoms with Crippen molar-refractivity contribution in [2.24, 2.45) is 44.3 Å². The number of fused-ring (bicyclic) bond motifs is 6. The highest BCUT2D eigenvalue weighted by molar-refractivity contribution is 5.88. The zero-order chi connectivity index (χ0) is 47.0. The van der Waals surface area contributed by atoms with Crippen LogP contribution in [0.15, 0.2) is 11.1 Å². The molecule has 9 N–H and O–H groups in total. The van der Waals surface area contributed by atoms with Crippen LogP contribution >= 0.6 is 0 Å². The van der Waals surface area contributed by atoms with Crippen LogP contribution in [0.3, 0.4) is 0 Å². The zero-order valence-electron chi connectivity index (χ0n) is 38.8. The van der Waals surface area contributed by atoms with Crippen LogP contribution < -0.4 is 0 Å². The van der Waals surface area contributed by atoms with Crippen molar-refractivity contribution in [2.75, 3.05) is 6.61 Å². The Morgan fingerprint density at radius 2 is 1.34 bits per heavy atom. The number of hydrogen-bond acceptors (Lipinski definition) is 16. The molecule has 22 atom stereocenters. The van der Waals surface area contributed by atoms with E-state index in [1.54, 1.807) is 0 Å². The van der Waals surface area contributed by atoms with Crippen molar-refractivity contribution in [2.45, 2.75) is 218 Å². The van der Waals surface area contributed by atoms with Gasteiger partial charge >= 0.3 is 5.97 Å². The molecule has 17 nitrogen and oxygen atoms in total. The molecule has 64 heavy (non-hydrogen) atoms. The molecule has 0 bridgehead atoms. The van der Waals surface area contributed by atoms with Crippen LogP contribution in [0.25, 0.3) is 0 Å². The third-order valence-electron chi connectivity index (χ3n) is 18.6. The molecule has 0 aromatic carbocycles. The minimum Gasteiger partial charge on any atom is -0.479 e. The number of carboxylic acids is 1. The van der Waals surface area contributed by atoms with E-state index in [0.29, 0.717) is 19.3 Å². The summed E-state index contributed by atoms with van der Waals surface area (Å²) in [4.78, 5) is 27.4. The van der Waals surface area contributed by atoms with Crippen molar-refractivity contribution in [3.8, 4) is 0 Å². The van der Waals surface area contributed by atoms with E-state index in [1.165, 1.54) is 18.1 Å². The number of carboxylic acid groups (broad SMARTS) is 1. The van der Waals surface area contributed by atoms with Crippen LogP contribution in [0.2, 0.25) is 0 Å². The first-order valence-electron chi connectivity index (χ1n) is 23.4. The van der Waals surface area contributed by atoms with Gasteiger partial charge in [0.15, 0.2) is 25.0 Å². The number of aliphatic hydroxyl groups excluding tert-OH is 8. The number of aliphatic hydroxyl groups is 8. The normalized spacial score (nSPS) is 53.7. The Labute approximate surface area is 375 Å². The van der Waals surface area contributed by atoms with Crippen LogP contribution in [0.5, 0.6) is 0 Å². The molecule has 8 aliphatic rings. The van der Waals surface area contributed by atoms with Crippen molar-refractivity contribution in [3.05, 3.63) is 11.1 Å². The third-order valence-corrected chi connectivity index (χ3v) is 18.6. The Bertz CT molecular complexity index is 1840. The Balaban J connectivity index is 1.06. The first-order chi connectivity index (χ1) is 29.6. The van der Waals surface area contributed by atoms with Gasteiger partial charge in [0.25, 0.3) is 0 Å². The quantitative estimate of drug-likeness (QED) is 0.130. The van der Waals surface area contributed by atoms with Gasteiger partial charge in [-0.2, -0.15) is 0 Å². The number of hydrogen-bond donors (Lipinski definition) is 9. The van der Waals surface area contributed by atoms with Gasteiger partial charge in [0.05, 0.1) is 24.9 Å². The summed E-state index contributed by atoms with van der Waals surface area (Å²) in [6, 6.07) is 0. The topological polar surface area (TPSA) is 272 Å². The number of ether oxygens (including phenoxy) is 6. The van der Waals surface area contributed by atoms with Gasteiger partial charge in [-0.25, -0.2) is 4.79 Å². The van der Waals surface area contributed by atoms with Gasteiger partial charge in [-0.15, -0.1) is 0 Å². The molecular weight excluding hydrogens is 837 g/mol. The average molecular weight is 911 g/mol. The molecular formula is C47H74O17. The molecule has 0 aromatic heterocycles. The lowest BCUT2D eigenvalue weighted by Crippen LogP contribution is -2.68. The maximum atomic E-state index is 15.0. The van der Waals surface area contributed by atoms with Crippen LogP contribution in [0.4, 0.5) is 0 Å². The highest BCUT2D eigenvalue weighted by Gasteiger charge is 2.71. The van der Waals surface area contributed by atoms with E-state index in [-0.39, 0.29) is 39.3 Å². The van der Waals surface area contributed by atoms with Gasteiger partial charge in [0.2, 0.25) is 0 Å². The maximum Gasteiger partial charge on any atom is 0.335 e. The summed E-state index contributed by atoms with van der Waals surface area (Å²) < 4.78 is 36.1. The summed E-state index contributed by atoms with van der Waals surface area (Å²) in [5.41, 5.74) is 0.426. The zero-order valence-corrected chi connectivity index (χ0v) is 38.8. The van der Waals surface area contributed by atoms with E-state index in [2.05, 4.69) is 55.4 Å². The highest BCUT2D eigenvalue weighted by Crippen LogP contribution is 2.75. The summed E-state index contributed by atoms with van der Waals surface area (Å²) in [7, 11) is 0. The molecule has 0 radical (unpaired) electrons. The van der Waals surface area contributed by atoms with Crippen LogP contribution in [-0.4, -0.2) is 163 Å². The largest absolute Gasteiger partial charge is 0.479 e. The summed E-state index contributed by atoms with van der Waals surface area (Å²) >= 11 is 0. The minimum atomic E-state index is -2.00. The second kappa shape index (κ2) is 16.5. The molecule has 5 aliphatic carbocycles. The Morgan fingerprint density at radius 3 is 2.02 bits per heavy atom. The maximum absolute atomic E-state index is 15.0. The van der Waals surface area contributed by atoms with Crippen LogP contribution in [0, 0.1) is 44.3 Å². The predicted molar refractivity (Wildman–Crippen MR) is 224 cm³/mol. The number of Topliss-reactive ketones (excluding diaryl/α,β-unsaturated/α-hetero) is 1. The van der Waals surface area contributed by atoms with Crippen molar-refractivity contribution < 1.29 is 84.0 Å². The lowest BCUT2D eigenvalue weighted by atomic mass is 9.33. The lowest BCUT2D eigenvalue weighted by Gasteiger charge is -2.70. The Hall–Kier alpha value is -1.68. The van der Waals surface area contributed by atoms with E-state index >= 15 is 4.79 Å². The molecule has 0 spiro atoms. The highest BCUT2D eigenvalue weighted by atomic mass is 16.8. The number of ketones is 1. The summed E-state index contributed by atoms with van der Waals surface area (Å²) in [6.07, 6.45) is -18.1. The number of aliphatic carboxylic acids is 1. The SMILES string of the molecule is C[C@H]1O[C@@H](O[C@H]2[C@@H](O[C@@H]3[C@@H](O[C@H]4CC[C@@]5(C)[C@H](CC[C@]6(C)[C@@H]5C(=O)CC5=C7CC(C)(C)C[C@H](O)[C@]7(C)CC[C@]56C)C4(C)C)O[C@@H](C(=O)O)[C@H](O)[C@H]3O)OC[C@H](O)[C@@H]2O)[C@H](O)[C@H](O)[C@H]1O. The first-order valence-corrected chi connectivity index (χ1v) is 23.4. The fourth-order valence-electron chi connectivity index (χ4n) is 14.6. The molecule has 0 aromatic rings. The minimum absolute atomic E-state index is 0.0362. The molecule has 0 amide bonds. The van der Waals surface area contributed by atoms with E-state index in [4.69, 9.17) is 28.4 Å². The first kappa shape index (κ1) is 48.8. The monoisotopic (exact) mass is 910 g/mol. The van der Waals surface area contributed by atoms with Crippen LogP contribution in [0.1, 0.15) is 120 Å². The number of carbonyl (C=O) groups excluding carboxylic acids is 1. The van der Waals surface area contributed by atoms with E-state index in [1.807, 2.05) is 0 Å². The molecule has 364 valence electrons. The standard InChI is InChI=1S/C47H74O17/c1-20-28(51)30(53)33(56)39(60-20)63-35-29(52)24(49)19-59-40(35)64-36-32(55)31(54)34(38(57)58)62-41(36)61-27-11-12-45(7)25(43(27,4)5)10-13-47(9)37(45)23(48)16-21-22-17-42(2,3)18-26(50)44(22,6)14-15-46(21,47)8/h20,24-37,39-41,49-56H,10-19H2,1-9H3,(H,57,58)/t20-,24+,25-,26+,27+,28+,29+,30-,31-,32-,33-,34-,35-,36+,37-,39+,40-,41+,44-,45+,46-,47-/m1/s1. The summed E-state index contributed by atoms with van der Waals surface area (Å²) in [6.45, 7) is 18.7. The van der Waals surface area contributed by atoms with Crippen molar-refractivity contribution in [3.63, 3.8) is 0 Å². The van der Waals surface area contributed by atoms with E-state index in [0.717, 1.165) is 38.5 Å². The molecule has 4 saturated carbocycles. The van der Waals surface area contributed by atoms with E-state index in [9.17, 15) is 50.8 Å². The van der Waals surface area contributed by atoms with Gasteiger partial charge in [-0.05, 0) is 91.3 Å². The predicted octanol–water partition coefficient (Wildman–Crippen LogP) is 1.69. The number of carbonyl (C=O) groups is 2. The van der Waals surface area contributed by atoms with Crippen molar-refractivity contribution in [1.82, 2.24) is 0 Å². The van der Waals surface area contributed by atoms with E-state index < -0.39 is 122 Å². The van der Waals surface area contributed by atoms with Gasteiger partial charge in [-0.3, -0.25) is 4.79 Å². The Kier molecular flexibility index (Phi) is 12.6. The van der Waals surface area contributed by atoms with Crippen LogP contribution in [-0.2, 0) is 38.0 Å². The molecule has 3 aliphatic heterocycles. The third kappa shape index (κ3) is 7.40. The summed E-state index contributed by atoms with van der Waals surface area (Å²) in [5.74, 6) is -1.61. The molecule has 7 fully saturated rings. The molecule has 0 unspecified atom stereocenters. The molecule has 8 rings (SSSR count). The molecule has 3 heterocycles. The molecule has 17 heteroatoms. The second-order valence-corrected chi connectivity index (χ2v) is 23.2. The van der Waals surface area contributed by atoms with Gasteiger partial charge in [0, 0.05) is 17.8 Å². The Morgan fingerprint density at radius 1 is 0.688 bits per heavy atom. The average Bonchev–Trinajstić information content (AvgIpc) is 3.20. The van der Waals surface area contributed by atoms with Crippen molar-refractivity contribution in [1.29, 1.82) is 0 Å². The number of rotatable bonds is 7. The lowest BCUT2D eigenvalue weighted by molar-refractivity contribution is -0.386. The second-order valence-electron chi connectivity index (χ2n) is 23.2. The fraction of sp³-hybridized carbons (Fsp3) is 0.915. The molecule has 3 saturated heterocycles. The van der Waals surface area contributed by atoms with Gasteiger partial charge < -0.3 is 74.4 Å². The smallest absolute Gasteiger partial charge is 0.335 e. The summed E-state index contributed by atoms with van der Waals surface area (Å²) in [5, 5.41) is 97.3. The number of allylic oxidation sites excluding steroid dienone is 1. The van der Waals surface area contributed by atoms with Crippen molar-refractivity contribution >= 4 is 11.8 Å². The van der Waals surface area contributed by atoms with Gasteiger partial charge in [0.1, 0.15) is 60.7 Å².